The molecular formula is C20H19NO4. The monoisotopic (exact) mass is 337 g/mol. The molecule has 1 aliphatic heterocycles. The molecule has 0 atom stereocenters. The van der Waals surface area contributed by atoms with Crippen LogP contribution < -0.4 is 0 Å². The molecule has 3 rings (SSSR count). The lowest BCUT2D eigenvalue weighted by Crippen LogP contribution is -2.18. The topological polar surface area (TPSA) is 55.8 Å². The Labute approximate surface area is 146 Å². The summed E-state index contributed by atoms with van der Waals surface area (Å²) in [6.07, 6.45) is 1.41. The first-order chi connectivity index (χ1) is 12.2. The van der Waals surface area contributed by atoms with E-state index in [-0.39, 0.29) is 12.1 Å². The van der Waals surface area contributed by atoms with Crippen molar-refractivity contribution in [1.29, 1.82) is 0 Å². The first-order valence-corrected chi connectivity index (χ1v) is 8.17. The molecule has 0 radical (unpaired) electrons. The van der Waals surface area contributed by atoms with Crippen LogP contribution in [0.25, 0.3) is 5.57 Å². The predicted molar refractivity (Wildman–Crippen MR) is 94.0 cm³/mol. The molecule has 128 valence electrons. The first-order valence-electron chi connectivity index (χ1n) is 8.17. The second-order valence-electron chi connectivity index (χ2n) is 5.52. The highest BCUT2D eigenvalue weighted by atomic mass is 16.6. The molecule has 0 saturated carbocycles. The second kappa shape index (κ2) is 7.66. The van der Waals surface area contributed by atoms with Gasteiger partial charge in [0.25, 0.3) is 0 Å². The molecule has 0 aromatic heterocycles. The van der Waals surface area contributed by atoms with Gasteiger partial charge in [0.1, 0.15) is 6.61 Å². The summed E-state index contributed by atoms with van der Waals surface area (Å²) in [6, 6.07) is 16.9. The van der Waals surface area contributed by atoms with Gasteiger partial charge in [-0.1, -0.05) is 42.5 Å². The Balaban J connectivity index is 2.03. The van der Waals surface area contributed by atoms with E-state index < -0.39 is 0 Å². The van der Waals surface area contributed by atoms with Crippen LogP contribution in [0.4, 0.5) is 4.79 Å². The van der Waals surface area contributed by atoms with E-state index in [1.807, 2.05) is 36.4 Å². The van der Waals surface area contributed by atoms with Crippen LogP contribution in [0.1, 0.15) is 28.4 Å². The third kappa shape index (κ3) is 3.88. The number of esters is 1. The minimum absolute atomic E-state index is 0.323. The zero-order valence-corrected chi connectivity index (χ0v) is 14.0. The number of carbonyl (C=O) groups excluding carboxylic acids is 2. The maximum atomic E-state index is 12.0. The van der Waals surface area contributed by atoms with Gasteiger partial charge in [-0.2, -0.15) is 0 Å². The minimum atomic E-state index is -0.366. The Morgan fingerprint density at radius 2 is 1.84 bits per heavy atom. The lowest BCUT2D eigenvalue weighted by molar-refractivity contribution is 0.0526. The van der Waals surface area contributed by atoms with Crippen molar-refractivity contribution in [2.24, 2.45) is 0 Å². The van der Waals surface area contributed by atoms with Crippen molar-refractivity contribution in [2.75, 3.05) is 19.8 Å². The average Bonchev–Trinajstić information content (AvgIpc) is 3.05. The van der Waals surface area contributed by atoms with Gasteiger partial charge in [0.2, 0.25) is 0 Å². The summed E-state index contributed by atoms with van der Waals surface area (Å²) in [4.78, 5) is 25.4. The number of hydrogen-bond donors (Lipinski definition) is 0. The normalized spacial score (nSPS) is 14.4. The lowest BCUT2D eigenvalue weighted by atomic mass is 9.97. The number of cyclic esters (lactones) is 1. The number of amides is 1. The van der Waals surface area contributed by atoms with E-state index in [1.54, 1.807) is 36.2 Å². The predicted octanol–water partition coefficient (Wildman–Crippen LogP) is 3.70. The maximum absolute atomic E-state index is 12.0. The zero-order valence-electron chi connectivity index (χ0n) is 14.0. The van der Waals surface area contributed by atoms with Crippen molar-refractivity contribution in [3.05, 3.63) is 77.5 Å². The van der Waals surface area contributed by atoms with Gasteiger partial charge in [-0.05, 0) is 30.2 Å². The molecule has 0 aliphatic carbocycles. The number of carbonyl (C=O) groups is 2. The van der Waals surface area contributed by atoms with Gasteiger partial charge in [0.05, 0.1) is 18.7 Å². The third-order valence-corrected chi connectivity index (χ3v) is 3.85. The van der Waals surface area contributed by atoms with E-state index in [0.717, 1.165) is 16.7 Å². The number of ether oxygens (including phenoxy) is 2. The van der Waals surface area contributed by atoms with Crippen LogP contribution in [0.15, 0.2) is 60.8 Å². The van der Waals surface area contributed by atoms with Crippen LogP contribution in [-0.4, -0.2) is 36.7 Å². The number of nitrogens with zero attached hydrogens (tertiary/aromatic N) is 1. The Morgan fingerprint density at radius 1 is 1.12 bits per heavy atom. The van der Waals surface area contributed by atoms with E-state index in [0.29, 0.717) is 25.3 Å². The van der Waals surface area contributed by atoms with Gasteiger partial charge >= 0.3 is 12.1 Å². The lowest BCUT2D eigenvalue weighted by Gasteiger charge is -2.14. The van der Waals surface area contributed by atoms with Gasteiger partial charge in [-0.3, -0.25) is 4.90 Å². The van der Waals surface area contributed by atoms with E-state index >= 15 is 0 Å². The molecule has 1 heterocycles. The summed E-state index contributed by atoms with van der Waals surface area (Å²) in [6.45, 7) is 2.98. The number of hydrogen-bond acceptors (Lipinski definition) is 4. The van der Waals surface area contributed by atoms with Crippen LogP contribution in [0.5, 0.6) is 0 Å². The molecule has 1 saturated heterocycles. The molecule has 1 aliphatic rings. The summed E-state index contributed by atoms with van der Waals surface area (Å²) >= 11 is 0. The summed E-state index contributed by atoms with van der Waals surface area (Å²) in [5, 5.41) is 0. The number of benzene rings is 2. The highest BCUT2D eigenvalue weighted by molar-refractivity contribution is 5.92. The Kier molecular flexibility index (Phi) is 5.14. The van der Waals surface area contributed by atoms with E-state index in [4.69, 9.17) is 9.47 Å². The Morgan fingerprint density at radius 3 is 2.52 bits per heavy atom. The molecule has 0 spiro atoms. The second-order valence-corrected chi connectivity index (χ2v) is 5.52. The van der Waals surface area contributed by atoms with E-state index in [1.165, 1.54) is 0 Å². The molecule has 0 bridgehead atoms. The average molecular weight is 337 g/mol. The summed E-state index contributed by atoms with van der Waals surface area (Å²) in [5.41, 5.74) is 3.09. The largest absolute Gasteiger partial charge is 0.462 e. The van der Waals surface area contributed by atoms with Crippen LogP contribution >= 0.6 is 0 Å². The molecule has 25 heavy (non-hydrogen) atoms. The molecule has 0 N–H and O–H groups in total. The van der Waals surface area contributed by atoms with Crippen molar-refractivity contribution in [3.63, 3.8) is 0 Å². The standard InChI is InChI=1S/C20H19NO4/c1-2-24-19(22)17-10-6-9-16(13-17)18(15-7-4-3-5-8-15)14-21-11-12-25-20(21)23/h3-10,13-14H,2,11-12H2,1H3/b18-14+. The van der Waals surface area contributed by atoms with Gasteiger partial charge in [0.15, 0.2) is 0 Å². The molecule has 2 aromatic rings. The van der Waals surface area contributed by atoms with E-state index in [9.17, 15) is 9.59 Å². The van der Waals surface area contributed by atoms with Crippen LogP contribution in [0.2, 0.25) is 0 Å². The fourth-order valence-corrected chi connectivity index (χ4v) is 2.64. The highest BCUT2D eigenvalue weighted by Gasteiger charge is 2.21. The van der Waals surface area contributed by atoms with Gasteiger partial charge in [0, 0.05) is 11.8 Å². The smallest absolute Gasteiger partial charge is 0.414 e. The van der Waals surface area contributed by atoms with Gasteiger partial charge in [-0.15, -0.1) is 0 Å². The van der Waals surface area contributed by atoms with Crippen LogP contribution in [-0.2, 0) is 9.47 Å². The minimum Gasteiger partial charge on any atom is -0.462 e. The summed E-state index contributed by atoms with van der Waals surface area (Å²) in [5.74, 6) is -0.364. The Bertz CT molecular complexity index is 798. The molecule has 2 aromatic carbocycles. The van der Waals surface area contributed by atoms with Crippen molar-refractivity contribution in [3.8, 4) is 0 Å². The molecule has 1 fully saturated rings. The first kappa shape index (κ1) is 16.8. The Hall–Kier alpha value is -3.08. The highest BCUT2D eigenvalue weighted by Crippen LogP contribution is 2.26. The molecule has 5 heteroatoms. The number of rotatable bonds is 5. The fourth-order valence-electron chi connectivity index (χ4n) is 2.64. The van der Waals surface area contributed by atoms with Crippen molar-refractivity contribution < 1.29 is 19.1 Å². The molecule has 0 unspecified atom stereocenters. The molecule has 5 nitrogen and oxygen atoms in total. The summed E-state index contributed by atoms with van der Waals surface area (Å²) in [7, 11) is 0. The third-order valence-electron chi connectivity index (χ3n) is 3.85. The maximum Gasteiger partial charge on any atom is 0.414 e. The summed E-state index contributed by atoms with van der Waals surface area (Å²) < 4.78 is 10.1. The SMILES string of the molecule is CCOC(=O)c1cccc(/C(=C/N2CCOC2=O)c2ccccc2)c1. The van der Waals surface area contributed by atoms with E-state index in [2.05, 4.69) is 0 Å². The fraction of sp³-hybridized carbons (Fsp3) is 0.200. The van der Waals surface area contributed by atoms with Crippen molar-refractivity contribution >= 4 is 17.6 Å². The molecular weight excluding hydrogens is 318 g/mol. The van der Waals surface area contributed by atoms with Gasteiger partial charge < -0.3 is 9.47 Å². The van der Waals surface area contributed by atoms with Crippen molar-refractivity contribution in [1.82, 2.24) is 4.90 Å². The molecule has 1 amide bonds. The van der Waals surface area contributed by atoms with Gasteiger partial charge in [-0.25, -0.2) is 9.59 Å². The van der Waals surface area contributed by atoms with Crippen molar-refractivity contribution in [2.45, 2.75) is 6.92 Å². The quantitative estimate of drug-likeness (QED) is 0.781. The zero-order chi connectivity index (χ0) is 17.6. The van der Waals surface area contributed by atoms with Crippen LogP contribution in [0.3, 0.4) is 0 Å². The van der Waals surface area contributed by atoms with Crippen LogP contribution in [0, 0.1) is 0 Å².